The fourth-order valence-corrected chi connectivity index (χ4v) is 3.51. The molecule has 0 spiro atoms. The van der Waals surface area contributed by atoms with E-state index in [0.717, 1.165) is 28.2 Å². The second-order valence-electron chi connectivity index (χ2n) is 6.84. The van der Waals surface area contributed by atoms with Crippen molar-refractivity contribution < 1.29 is 4.79 Å². The molecular formula is C17H20BrN5O. The molecule has 0 radical (unpaired) electrons. The van der Waals surface area contributed by atoms with Crippen molar-refractivity contribution in [3.63, 3.8) is 0 Å². The molecule has 24 heavy (non-hydrogen) atoms. The van der Waals surface area contributed by atoms with Gasteiger partial charge in [0.2, 0.25) is 5.91 Å². The van der Waals surface area contributed by atoms with Gasteiger partial charge < -0.3 is 15.2 Å². The van der Waals surface area contributed by atoms with Crippen LogP contribution in [0.2, 0.25) is 0 Å². The van der Waals surface area contributed by atoms with Gasteiger partial charge in [-0.25, -0.2) is 0 Å². The minimum absolute atomic E-state index is 0.0768. The average molecular weight is 390 g/mol. The average Bonchev–Trinajstić information content (AvgIpc) is 3.33. The predicted molar refractivity (Wildman–Crippen MR) is 93.1 cm³/mol. The van der Waals surface area contributed by atoms with Crippen LogP contribution in [0.3, 0.4) is 0 Å². The van der Waals surface area contributed by atoms with E-state index in [1.165, 1.54) is 12.8 Å². The number of hydrogen-bond donors (Lipinski definition) is 1. The fraction of sp³-hybridized carbons (Fsp3) is 0.471. The Labute approximate surface area is 149 Å². The molecule has 1 aliphatic carbocycles. The van der Waals surface area contributed by atoms with E-state index in [9.17, 15) is 4.79 Å². The molecule has 4 rings (SSSR count). The molecule has 1 aromatic heterocycles. The van der Waals surface area contributed by atoms with E-state index >= 15 is 0 Å². The molecule has 2 N–H and O–H groups in total. The molecule has 6 nitrogen and oxygen atoms in total. The van der Waals surface area contributed by atoms with Crippen molar-refractivity contribution in [2.75, 3.05) is 6.54 Å². The van der Waals surface area contributed by atoms with E-state index in [0.29, 0.717) is 19.0 Å². The first-order chi connectivity index (χ1) is 11.5. The number of fused-ring (bicyclic) bond motifs is 1. The van der Waals surface area contributed by atoms with Crippen LogP contribution in [0.4, 0.5) is 0 Å². The highest BCUT2D eigenvalue weighted by Crippen LogP contribution is 2.39. The van der Waals surface area contributed by atoms with E-state index < -0.39 is 5.54 Å². The molecule has 1 aliphatic heterocycles. The van der Waals surface area contributed by atoms with Crippen molar-refractivity contribution in [2.45, 2.75) is 44.3 Å². The number of nitrogens with zero attached hydrogens (tertiary/aromatic N) is 4. The molecule has 2 aromatic rings. The first kappa shape index (κ1) is 15.8. The summed E-state index contributed by atoms with van der Waals surface area (Å²) in [6, 6.07) is 7.59. The van der Waals surface area contributed by atoms with Crippen LogP contribution in [0.15, 0.2) is 28.7 Å². The molecule has 0 bridgehead atoms. The summed E-state index contributed by atoms with van der Waals surface area (Å²) in [6.07, 6.45) is 2.40. The molecule has 1 saturated carbocycles. The quantitative estimate of drug-likeness (QED) is 0.871. The number of nitrogens with two attached hydrogens (primary N) is 1. The Bertz CT molecular complexity index is 779. The third-order valence-corrected chi connectivity index (χ3v) is 5.43. The van der Waals surface area contributed by atoms with Gasteiger partial charge in [-0.3, -0.25) is 4.79 Å². The van der Waals surface area contributed by atoms with E-state index in [1.54, 1.807) is 11.8 Å². The van der Waals surface area contributed by atoms with Gasteiger partial charge in [0.25, 0.3) is 0 Å². The van der Waals surface area contributed by atoms with Gasteiger partial charge in [-0.2, -0.15) is 0 Å². The third-order valence-electron chi connectivity index (χ3n) is 4.90. The fourth-order valence-electron chi connectivity index (χ4n) is 3.25. The zero-order chi connectivity index (χ0) is 16.9. The lowest BCUT2D eigenvalue weighted by atomic mass is 9.91. The zero-order valence-electron chi connectivity index (χ0n) is 13.6. The summed E-state index contributed by atoms with van der Waals surface area (Å²) < 4.78 is 3.14. The Balaban J connectivity index is 1.55. The Morgan fingerprint density at radius 3 is 2.62 bits per heavy atom. The first-order valence-corrected chi connectivity index (χ1v) is 9.02. The highest BCUT2D eigenvalue weighted by Gasteiger charge is 2.38. The molecular weight excluding hydrogens is 370 g/mol. The number of carbonyl (C=O) groups excluding carboxylic acids is 1. The molecule has 2 aliphatic rings. The number of hydrogen-bond acceptors (Lipinski definition) is 4. The largest absolute Gasteiger partial charge is 0.331 e. The highest BCUT2D eigenvalue weighted by molar-refractivity contribution is 9.10. The minimum atomic E-state index is -1.05. The van der Waals surface area contributed by atoms with Crippen LogP contribution in [-0.2, 0) is 23.4 Å². The Kier molecular flexibility index (Phi) is 3.73. The van der Waals surface area contributed by atoms with Gasteiger partial charge >= 0.3 is 0 Å². The number of amides is 1. The van der Waals surface area contributed by atoms with Crippen molar-refractivity contribution in [1.82, 2.24) is 19.7 Å². The summed E-state index contributed by atoms with van der Waals surface area (Å²) in [5, 5.41) is 8.61. The van der Waals surface area contributed by atoms with Gasteiger partial charge in [0.1, 0.15) is 11.4 Å². The summed E-state index contributed by atoms with van der Waals surface area (Å²) in [7, 11) is 0. The molecule has 126 valence electrons. The summed E-state index contributed by atoms with van der Waals surface area (Å²) in [5.41, 5.74) is 6.15. The number of benzene rings is 1. The van der Waals surface area contributed by atoms with Gasteiger partial charge in [0, 0.05) is 23.5 Å². The van der Waals surface area contributed by atoms with Crippen molar-refractivity contribution in [3.8, 4) is 0 Å². The van der Waals surface area contributed by atoms with Crippen molar-refractivity contribution in [1.29, 1.82) is 0 Å². The van der Waals surface area contributed by atoms with Crippen LogP contribution < -0.4 is 5.73 Å². The number of carbonyl (C=O) groups is 1. The van der Waals surface area contributed by atoms with E-state index in [1.807, 2.05) is 24.3 Å². The summed E-state index contributed by atoms with van der Waals surface area (Å²) in [6.45, 7) is 3.64. The van der Waals surface area contributed by atoms with E-state index in [-0.39, 0.29) is 5.91 Å². The maximum absolute atomic E-state index is 13.0. The van der Waals surface area contributed by atoms with Gasteiger partial charge in [-0.15, -0.1) is 10.2 Å². The Morgan fingerprint density at radius 1 is 1.25 bits per heavy atom. The molecule has 1 aromatic carbocycles. The van der Waals surface area contributed by atoms with Crippen molar-refractivity contribution in [2.24, 2.45) is 5.73 Å². The smallest absolute Gasteiger partial charge is 0.247 e. The Hall–Kier alpha value is -1.73. The second kappa shape index (κ2) is 5.67. The van der Waals surface area contributed by atoms with Gasteiger partial charge in [-0.05, 0) is 37.5 Å². The lowest BCUT2D eigenvalue weighted by Gasteiger charge is -2.34. The topological polar surface area (TPSA) is 77.0 Å². The van der Waals surface area contributed by atoms with E-state index in [4.69, 9.17) is 5.73 Å². The van der Waals surface area contributed by atoms with Gasteiger partial charge in [0.15, 0.2) is 5.82 Å². The van der Waals surface area contributed by atoms with Crippen LogP contribution in [0.25, 0.3) is 0 Å². The van der Waals surface area contributed by atoms with Gasteiger partial charge in [-0.1, -0.05) is 28.1 Å². The van der Waals surface area contributed by atoms with Crippen molar-refractivity contribution >= 4 is 21.8 Å². The number of halogens is 1. The molecule has 1 unspecified atom stereocenters. The number of rotatable bonds is 3. The molecule has 1 amide bonds. The highest BCUT2D eigenvalue weighted by atomic mass is 79.9. The maximum Gasteiger partial charge on any atom is 0.247 e. The lowest BCUT2D eigenvalue weighted by Crippen LogP contribution is -2.52. The van der Waals surface area contributed by atoms with Crippen LogP contribution in [0.1, 0.15) is 42.9 Å². The van der Waals surface area contributed by atoms with Crippen LogP contribution in [0, 0.1) is 0 Å². The van der Waals surface area contributed by atoms with Crippen LogP contribution in [-0.4, -0.2) is 32.1 Å². The molecule has 7 heteroatoms. The third kappa shape index (κ3) is 2.65. The summed E-state index contributed by atoms with van der Waals surface area (Å²) >= 11 is 3.41. The predicted octanol–water partition coefficient (Wildman–Crippen LogP) is 2.13. The summed E-state index contributed by atoms with van der Waals surface area (Å²) in [5.74, 6) is 2.44. The van der Waals surface area contributed by atoms with Gasteiger partial charge in [0.05, 0.1) is 6.54 Å². The normalized spacial score (nSPS) is 19.7. The minimum Gasteiger partial charge on any atom is -0.331 e. The van der Waals surface area contributed by atoms with Crippen molar-refractivity contribution in [3.05, 3.63) is 46.0 Å². The SMILES string of the molecule is CC(N)(C(=O)N1CCn2c(nnc2C2CC2)C1)c1ccc(Br)cc1. The zero-order valence-corrected chi connectivity index (χ0v) is 15.2. The molecule has 1 fully saturated rings. The number of aromatic nitrogens is 3. The van der Waals surface area contributed by atoms with Crippen LogP contribution in [0.5, 0.6) is 0 Å². The summed E-state index contributed by atoms with van der Waals surface area (Å²) in [4.78, 5) is 14.8. The van der Waals surface area contributed by atoms with Crippen LogP contribution >= 0.6 is 15.9 Å². The standard InChI is InChI=1S/C17H20BrN5O/c1-17(19,12-4-6-13(18)7-5-12)16(24)22-8-9-23-14(10-22)20-21-15(23)11-2-3-11/h4-7,11H,2-3,8-10,19H2,1H3. The Morgan fingerprint density at radius 2 is 1.96 bits per heavy atom. The first-order valence-electron chi connectivity index (χ1n) is 8.23. The molecule has 0 saturated heterocycles. The molecule has 1 atom stereocenters. The van der Waals surface area contributed by atoms with E-state index in [2.05, 4.69) is 30.7 Å². The molecule has 2 heterocycles. The second-order valence-corrected chi connectivity index (χ2v) is 7.75. The maximum atomic E-state index is 13.0. The lowest BCUT2D eigenvalue weighted by molar-refractivity contribution is -0.138. The monoisotopic (exact) mass is 389 g/mol.